The molecule has 19 heavy (non-hydrogen) atoms. The Labute approximate surface area is 115 Å². The molecule has 0 unspecified atom stereocenters. The van der Waals surface area contributed by atoms with Gasteiger partial charge in [-0.1, -0.05) is 17.7 Å². The predicted octanol–water partition coefficient (Wildman–Crippen LogP) is 3.05. The van der Waals surface area contributed by atoms with Gasteiger partial charge in [-0.05, 0) is 29.8 Å². The molecule has 2 aromatic rings. The van der Waals surface area contributed by atoms with E-state index in [0.29, 0.717) is 23.8 Å². The Morgan fingerprint density at radius 3 is 2.84 bits per heavy atom. The maximum Gasteiger partial charge on any atom is 0.335 e. The molecule has 0 saturated heterocycles. The molecular weight excluding hydrogens is 266 g/mol. The molecule has 1 aromatic heterocycles. The molecule has 0 spiro atoms. The molecule has 1 N–H and O–H groups in total. The summed E-state index contributed by atoms with van der Waals surface area (Å²) in [5, 5.41) is 9.12. The molecule has 0 atom stereocenters. The molecule has 0 aliphatic carbocycles. The third-order valence-corrected chi connectivity index (χ3v) is 2.85. The number of carboxylic acid groups (broad SMARTS) is 1. The topological polar surface area (TPSA) is 59.4 Å². The largest absolute Gasteiger partial charge is 0.492 e. The number of aromatic carboxylic acids is 1. The number of halogens is 1. The lowest BCUT2D eigenvalue weighted by atomic mass is 10.2. The van der Waals surface area contributed by atoms with Crippen LogP contribution in [0.4, 0.5) is 0 Å². The fourth-order valence-corrected chi connectivity index (χ4v) is 1.81. The summed E-state index contributed by atoms with van der Waals surface area (Å²) in [7, 11) is 0. The molecule has 0 bridgehead atoms. The van der Waals surface area contributed by atoms with Crippen LogP contribution in [0.25, 0.3) is 0 Å². The van der Waals surface area contributed by atoms with E-state index in [1.807, 2.05) is 12.1 Å². The van der Waals surface area contributed by atoms with Crippen molar-refractivity contribution >= 4 is 17.6 Å². The Balaban J connectivity index is 1.95. The Bertz CT molecular complexity index is 572. The number of carbonyl (C=O) groups is 1. The molecular formula is C14H12ClNO3. The van der Waals surface area contributed by atoms with Crippen LogP contribution in [0.15, 0.2) is 42.7 Å². The van der Waals surface area contributed by atoms with Gasteiger partial charge in [-0.15, -0.1) is 0 Å². The fraction of sp³-hybridized carbons (Fsp3) is 0.143. The molecule has 0 aliphatic heterocycles. The van der Waals surface area contributed by atoms with Gasteiger partial charge in [0.25, 0.3) is 0 Å². The zero-order valence-electron chi connectivity index (χ0n) is 10.0. The summed E-state index contributed by atoms with van der Waals surface area (Å²) in [6.07, 6.45) is 4.20. The van der Waals surface area contributed by atoms with E-state index >= 15 is 0 Å². The number of hydrogen-bond acceptors (Lipinski definition) is 3. The van der Waals surface area contributed by atoms with Gasteiger partial charge in [0.15, 0.2) is 0 Å². The van der Waals surface area contributed by atoms with Crippen molar-refractivity contribution in [2.45, 2.75) is 6.42 Å². The number of carboxylic acids is 1. The van der Waals surface area contributed by atoms with Crippen molar-refractivity contribution in [3.63, 3.8) is 0 Å². The zero-order chi connectivity index (χ0) is 13.7. The number of pyridine rings is 1. The van der Waals surface area contributed by atoms with Gasteiger partial charge in [0.1, 0.15) is 5.75 Å². The first-order chi connectivity index (χ1) is 9.16. The van der Waals surface area contributed by atoms with Gasteiger partial charge in [0.2, 0.25) is 0 Å². The van der Waals surface area contributed by atoms with Crippen LogP contribution in [0.3, 0.4) is 0 Å². The van der Waals surface area contributed by atoms with Crippen LogP contribution < -0.4 is 4.74 Å². The van der Waals surface area contributed by atoms with E-state index < -0.39 is 5.97 Å². The minimum Gasteiger partial charge on any atom is -0.492 e. The lowest BCUT2D eigenvalue weighted by Crippen LogP contribution is -2.03. The number of aromatic nitrogens is 1. The van der Waals surface area contributed by atoms with Gasteiger partial charge in [-0.25, -0.2) is 4.79 Å². The van der Waals surface area contributed by atoms with Crippen LogP contribution in [0.5, 0.6) is 5.75 Å². The highest BCUT2D eigenvalue weighted by Crippen LogP contribution is 2.25. The summed E-state index contributed by atoms with van der Waals surface area (Å²) >= 11 is 5.95. The minimum atomic E-state index is -1.01. The van der Waals surface area contributed by atoms with E-state index in [1.54, 1.807) is 18.5 Å². The molecule has 0 fully saturated rings. The van der Waals surface area contributed by atoms with Crippen molar-refractivity contribution in [1.82, 2.24) is 4.98 Å². The van der Waals surface area contributed by atoms with Crippen molar-refractivity contribution in [1.29, 1.82) is 0 Å². The molecule has 1 heterocycles. The van der Waals surface area contributed by atoms with Crippen LogP contribution in [0.2, 0.25) is 5.02 Å². The first-order valence-electron chi connectivity index (χ1n) is 5.71. The Morgan fingerprint density at radius 2 is 2.21 bits per heavy atom. The third kappa shape index (κ3) is 3.69. The maximum absolute atomic E-state index is 10.8. The molecule has 0 saturated carbocycles. The van der Waals surface area contributed by atoms with Crippen LogP contribution in [-0.4, -0.2) is 22.7 Å². The number of nitrogens with zero attached hydrogens (tertiary/aromatic N) is 1. The molecule has 0 aliphatic rings. The number of benzene rings is 1. The summed E-state index contributed by atoms with van der Waals surface area (Å²) in [5.41, 5.74) is 1.21. The van der Waals surface area contributed by atoms with E-state index in [1.165, 1.54) is 12.1 Å². The molecule has 0 amide bonds. The Morgan fingerprint density at radius 1 is 1.37 bits per heavy atom. The lowest BCUT2D eigenvalue weighted by molar-refractivity contribution is 0.0697. The number of hydrogen-bond donors (Lipinski definition) is 1. The second-order valence-corrected chi connectivity index (χ2v) is 4.32. The monoisotopic (exact) mass is 277 g/mol. The highest BCUT2D eigenvalue weighted by Gasteiger charge is 2.07. The van der Waals surface area contributed by atoms with Crippen molar-refractivity contribution in [3.05, 3.63) is 58.9 Å². The Kier molecular flexibility index (Phi) is 4.36. The van der Waals surface area contributed by atoms with E-state index in [0.717, 1.165) is 5.56 Å². The third-order valence-electron chi connectivity index (χ3n) is 2.55. The summed E-state index contributed by atoms with van der Waals surface area (Å²) in [6.45, 7) is 0.456. The maximum atomic E-state index is 10.8. The molecule has 1 aromatic carbocycles. The van der Waals surface area contributed by atoms with E-state index in [-0.39, 0.29) is 5.56 Å². The van der Waals surface area contributed by atoms with Crippen molar-refractivity contribution in [2.24, 2.45) is 0 Å². The van der Waals surface area contributed by atoms with E-state index in [4.69, 9.17) is 21.4 Å². The summed E-state index contributed by atoms with van der Waals surface area (Å²) in [5.74, 6) is -0.528. The number of ether oxygens (including phenoxy) is 1. The van der Waals surface area contributed by atoms with Crippen LogP contribution in [0, 0.1) is 0 Å². The van der Waals surface area contributed by atoms with Gasteiger partial charge in [0, 0.05) is 18.8 Å². The minimum absolute atomic E-state index is 0.143. The quantitative estimate of drug-likeness (QED) is 0.912. The summed E-state index contributed by atoms with van der Waals surface area (Å²) < 4.78 is 5.52. The van der Waals surface area contributed by atoms with Crippen molar-refractivity contribution in [2.75, 3.05) is 6.61 Å². The molecule has 2 rings (SSSR count). The molecule has 98 valence electrons. The van der Waals surface area contributed by atoms with Crippen LogP contribution in [-0.2, 0) is 6.42 Å². The van der Waals surface area contributed by atoms with Gasteiger partial charge in [0.05, 0.1) is 17.2 Å². The predicted molar refractivity (Wildman–Crippen MR) is 71.8 cm³/mol. The van der Waals surface area contributed by atoms with Crippen LogP contribution >= 0.6 is 11.6 Å². The normalized spacial score (nSPS) is 10.2. The zero-order valence-corrected chi connectivity index (χ0v) is 10.8. The average Bonchev–Trinajstić information content (AvgIpc) is 2.41. The van der Waals surface area contributed by atoms with Gasteiger partial charge < -0.3 is 9.84 Å². The second kappa shape index (κ2) is 6.20. The summed E-state index contributed by atoms with van der Waals surface area (Å²) in [4.78, 5) is 14.8. The smallest absolute Gasteiger partial charge is 0.335 e. The number of rotatable bonds is 5. The standard InChI is InChI=1S/C14H12ClNO3/c15-12-8-11(14(17)18)3-4-13(12)19-7-5-10-2-1-6-16-9-10/h1-4,6,8-9H,5,7H2,(H,17,18). The van der Waals surface area contributed by atoms with E-state index in [2.05, 4.69) is 4.98 Å². The lowest BCUT2D eigenvalue weighted by Gasteiger charge is -2.08. The summed E-state index contributed by atoms with van der Waals surface area (Å²) in [6, 6.07) is 8.24. The van der Waals surface area contributed by atoms with E-state index in [9.17, 15) is 4.79 Å². The highest BCUT2D eigenvalue weighted by molar-refractivity contribution is 6.32. The average molecular weight is 278 g/mol. The molecule has 5 heteroatoms. The van der Waals surface area contributed by atoms with Gasteiger partial charge in [-0.3, -0.25) is 4.98 Å². The van der Waals surface area contributed by atoms with Gasteiger partial charge in [-0.2, -0.15) is 0 Å². The Hall–Kier alpha value is -2.07. The SMILES string of the molecule is O=C(O)c1ccc(OCCc2cccnc2)c(Cl)c1. The van der Waals surface area contributed by atoms with Crippen molar-refractivity contribution < 1.29 is 14.6 Å². The first kappa shape index (κ1) is 13.4. The highest BCUT2D eigenvalue weighted by atomic mass is 35.5. The first-order valence-corrected chi connectivity index (χ1v) is 6.09. The second-order valence-electron chi connectivity index (χ2n) is 3.91. The van der Waals surface area contributed by atoms with Crippen LogP contribution in [0.1, 0.15) is 15.9 Å². The van der Waals surface area contributed by atoms with Gasteiger partial charge >= 0.3 is 5.97 Å². The molecule has 0 radical (unpaired) electrons. The fourth-order valence-electron chi connectivity index (χ4n) is 1.58. The molecule has 4 nitrogen and oxygen atoms in total. The van der Waals surface area contributed by atoms with Crippen molar-refractivity contribution in [3.8, 4) is 5.75 Å².